The summed E-state index contributed by atoms with van der Waals surface area (Å²) >= 11 is 1.41. The van der Waals surface area contributed by atoms with Crippen molar-refractivity contribution in [1.82, 2.24) is 4.98 Å². The highest BCUT2D eigenvalue weighted by molar-refractivity contribution is 7.09. The Morgan fingerprint density at radius 2 is 1.55 bits per heavy atom. The molecule has 1 fully saturated rings. The molecule has 1 aromatic carbocycles. The summed E-state index contributed by atoms with van der Waals surface area (Å²) in [6, 6.07) is 4.44. The quantitative estimate of drug-likeness (QED) is 0.273. The topological polar surface area (TPSA) is 167 Å². The third kappa shape index (κ3) is 6.94. The van der Waals surface area contributed by atoms with Crippen LogP contribution in [0.1, 0.15) is 38.5 Å². The molecule has 0 N–H and O–H groups in total. The van der Waals surface area contributed by atoms with Crippen LogP contribution in [0.2, 0.25) is 0 Å². The van der Waals surface area contributed by atoms with Gasteiger partial charge in [0.1, 0.15) is 29.8 Å². The second kappa shape index (κ2) is 12.7. The van der Waals surface area contributed by atoms with Crippen LogP contribution in [0.5, 0.6) is 5.75 Å². The predicted octanol–water partition coefficient (Wildman–Crippen LogP) is 3.00. The minimum Gasteiger partial charge on any atom is -0.463 e. The molecule has 42 heavy (non-hydrogen) atoms. The molecule has 0 aliphatic carbocycles. The SMILES string of the molecule is CC(=O)OC[C@H]1O[C@@H](Oc2ccc3c(=O)c(-c4csc(C)n4)c(C)oc3c2)[C@H](OC(C)=O)[C@@H](OC(C)=O)[C@@H]1OC(C)=O. The number of carbonyl (C=O) groups is 4. The third-order valence-corrected chi connectivity index (χ3v) is 6.89. The summed E-state index contributed by atoms with van der Waals surface area (Å²) in [5, 5.41) is 2.86. The molecule has 0 spiro atoms. The van der Waals surface area contributed by atoms with Gasteiger partial charge in [0.15, 0.2) is 12.2 Å². The van der Waals surface area contributed by atoms with E-state index in [9.17, 15) is 24.0 Å². The molecule has 5 atom stereocenters. The zero-order chi connectivity index (χ0) is 30.7. The molecule has 1 aliphatic rings. The Kier molecular flexibility index (Phi) is 9.27. The number of carbonyl (C=O) groups excluding carboxylic acids is 4. The molecule has 0 radical (unpaired) electrons. The molecule has 1 saturated heterocycles. The van der Waals surface area contributed by atoms with E-state index < -0.39 is 61.2 Å². The largest absolute Gasteiger partial charge is 0.463 e. The van der Waals surface area contributed by atoms with Crippen LogP contribution in [-0.2, 0) is 42.9 Å². The molecular weight excluding hydrogens is 574 g/mol. The first-order valence-corrected chi connectivity index (χ1v) is 13.7. The molecule has 3 aromatic rings. The summed E-state index contributed by atoms with van der Waals surface area (Å²) in [6.07, 6.45) is -6.74. The maximum atomic E-state index is 13.3. The predicted molar refractivity (Wildman–Crippen MR) is 146 cm³/mol. The lowest BCUT2D eigenvalue weighted by molar-refractivity contribution is -0.288. The Hall–Kier alpha value is -4.30. The summed E-state index contributed by atoms with van der Waals surface area (Å²) in [7, 11) is 0. The van der Waals surface area contributed by atoms with Gasteiger partial charge < -0.3 is 32.8 Å². The summed E-state index contributed by atoms with van der Waals surface area (Å²) < 4.78 is 39.2. The Morgan fingerprint density at radius 1 is 0.905 bits per heavy atom. The normalized spacial score (nSPS) is 21.8. The van der Waals surface area contributed by atoms with Crippen molar-refractivity contribution in [3.8, 4) is 17.0 Å². The van der Waals surface area contributed by atoms with Gasteiger partial charge in [-0.05, 0) is 26.0 Å². The second-order valence-electron chi connectivity index (χ2n) is 9.46. The van der Waals surface area contributed by atoms with E-state index in [1.165, 1.54) is 36.5 Å². The first kappa shape index (κ1) is 30.7. The maximum absolute atomic E-state index is 13.3. The van der Waals surface area contributed by atoms with Crippen LogP contribution >= 0.6 is 11.3 Å². The van der Waals surface area contributed by atoms with Gasteiger partial charge in [-0.3, -0.25) is 24.0 Å². The number of aromatic nitrogens is 1. The van der Waals surface area contributed by atoms with Gasteiger partial charge in [0, 0.05) is 39.1 Å². The van der Waals surface area contributed by atoms with Crippen LogP contribution in [0.15, 0.2) is 32.8 Å². The highest BCUT2D eigenvalue weighted by Crippen LogP contribution is 2.32. The highest BCUT2D eigenvalue weighted by atomic mass is 32.1. The molecular formula is C28H29NO12S. The molecule has 4 rings (SSSR count). The summed E-state index contributed by atoms with van der Waals surface area (Å²) in [5.74, 6) is -2.43. The summed E-state index contributed by atoms with van der Waals surface area (Å²) in [4.78, 5) is 65.3. The van der Waals surface area contributed by atoms with Crippen LogP contribution in [0, 0.1) is 13.8 Å². The standard InChI is InChI=1S/C28H29NO12S/c1-12-23(20-11-42-13(2)29-20)24(34)19-8-7-18(9-21(19)36-12)40-28-27(39-17(6)33)26(38-16(5)32)25(37-15(4)31)22(41-28)10-35-14(3)30/h7-9,11,22,25-28H,10H2,1-6H3/t22-,25-,26+,27-,28-/m1/s1. The Labute approximate surface area is 243 Å². The minimum absolute atomic E-state index is 0.142. The van der Waals surface area contributed by atoms with E-state index in [4.69, 9.17) is 32.8 Å². The number of rotatable bonds is 8. The third-order valence-electron chi connectivity index (χ3n) is 6.12. The summed E-state index contributed by atoms with van der Waals surface area (Å²) in [5.41, 5.74) is 0.790. The van der Waals surface area contributed by atoms with Crippen LogP contribution in [0.4, 0.5) is 0 Å². The van der Waals surface area contributed by atoms with Crippen molar-refractivity contribution >= 4 is 46.2 Å². The van der Waals surface area contributed by atoms with Gasteiger partial charge in [-0.25, -0.2) is 4.98 Å². The van der Waals surface area contributed by atoms with Crippen LogP contribution in [-0.4, -0.2) is 66.2 Å². The van der Waals surface area contributed by atoms with E-state index >= 15 is 0 Å². The zero-order valence-corrected chi connectivity index (χ0v) is 24.5. The monoisotopic (exact) mass is 603 g/mol. The zero-order valence-electron chi connectivity index (χ0n) is 23.7. The van der Waals surface area contributed by atoms with Crippen LogP contribution in [0.25, 0.3) is 22.2 Å². The van der Waals surface area contributed by atoms with Crippen molar-refractivity contribution in [3.63, 3.8) is 0 Å². The number of thiazole rings is 1. The lowest BCUT2D eigenvalue weighted by Gasteiger charge is -2.43. The van der Waals surface area contributed by atoms with Gasteiger partial charge in [-0.1, -0.05) is 0 Å². The van der Waals surface area contributed by atoms with Crippen molar-refractivity contribution in [2.45, 2.75) is 72.2 Å². The van der Waals surface area contributed by atoms with Gasteiger partial charge in [0.25, 0.3) is 0 Å². The fraction of sp³-hybridized carbons (Fsp3) is 0.429. The second-order valence-corrected chi connectivity index (χ2v) is 10.5. The lowest BCUT2D eigenvalue weighted by Crippen LogP contribution is -2.63. The lowest BCUT2D eigenvalue weighted by atomic mass is 9.98. The van der Waals surface area contributed by atoms with Crippen LogP contribution in [0.3, 0.4) is 0 Å². The van der Waals surface area contributed by atoms with E-state index in [1.807, 2.05) is 6.92 Å². The average molecular weight is 604 g/mol. The number of fused-ring (bicyclic) bond motifs is 1. The molecule has 1 aliphatic heterocycles. The maximum Gasteiger partial charge on any atom is 0.303 e. The van der Waals surface area contributed by atoms with Crippen molar-refractivity contribution in [2.75, 3.05) is 6.61 Å². The van der Waals surface area contributed by atoms with E-state index in [2.05, 4.69) is 4.98 Å². The Bertz CT molecular complexity index is 1580. The number of hydrogen-bond donors (Lipinski definition) is 0. The number of aryl methyl sites for hydroxylation is 2. The Balaban J connectivity index is 1.73. The molecule has 3 heterocycles. The molecule has 0 amide bonds. The van der Waals surface area contributed by atoms with E-state index in [1.54, 1.807) is 12.3 Å². The number of benzene rings is 1. The van der Waals surface area contributed by atoms with Gasteiger partial charge >= 0.3 is 23.9 Å². The number of hydrogen-bond acceptors (Lipinski definition) is 14. The molecule has 224 valence electrons. The molecule has 0 unspecified atom stereocenters. The molecule has 13 nitrogen and oxygen atoms in total. The van der Waals surface area contributed by atoms with Crippen LogP contribution < -0.4 is 10.2 Å². The molecule has 14 heteroatoms. The van der Waals surface area contributed by atoms with Gasteiger partial charge in [-0.15, -0.1) is 11.3 Å². The fourth-order valence-electron chi connectivity index (χ4n) is 4.55. The molecule has 0 bridgehead atoms. The van der Waals surface area contributed by atoms with E-state index in [0.717, 1.165) is 25.8 Å². The van der Waals surface area contributed by atoms with Crippen molar-refractivity contribution in [3.05, 3.63) is 44.6 Å². The first-order chi connectivity index (χ1) is 19.8. The Morgan fingerprint density at radius 3 is 2.14 bits per heavy atom. The highest BCUT2D eigenvalue weighted by Gasteiger charge is 2.53. The van der Waals surface area contributed by atoms with Crippen molar-refractivity contribution in [2.24, 2.45) is 0 Å². The van der Waals surface area contributed by atoms with Crippen molar-refractivity contribution in [1.29, 1.82) is 0 Å². The average Bonchev–Trinajstić information content (AvgIpc) is 3.31. The van der Waals surface area contributed by atoms with Gasteiger partial charge in [-0.2, -0.15) is 0 Å². The number of nitrogens with zero attached hydrogens (tertiary/aromatic N) is 1. The minimum atomic E-state index is -1.44. The first-order valence-electron chi connectivity index (χ1n) is 12.8. The van der Waals surface area contributed by atoms with E-state index in [-0.39, 0.29) is 22.1 Å². The van der Waals surface area contributed by atoms with E-state index in [0.29, 0.717) is 17.0 Å². The number of esters is 4. The van der Waals surface area contributed by atoms with Gasteiger partial charge in [0.2, 0.25) is 17.8 Å². The summed E-state index contributed by atoms with van der Waals surface area (Å²) in [6.45, 7) is 7.64. The fourth-order valence-corrected chi connectivity index (χ4v) is 5.15. The number of ether oxygens (including phenoxy) is 6. The smallest absolute Gasteiger partial charge is 0.303 e. The van der Waals surface area contributed by atoms with Crippen molar-refractivity contribution < 1.29 is 52.0 Å². The molecule has 2 aromatic heterocycles. The van der Waals surface area contributed by atoms with Gasteiger partial charge in [0.05, 0.1) is 21.7 Å². The molecule has 0 saturated carbocycles.